The summed E-state index contributed by atoms with van der Waals surface area (Å²) in [6.45, 7) is 5.57. The van der Waals surface area contributed by atoms with Gasteiger partial charge in [-0.1, -0.05) is 87.5 Å². The van der Waals surface area contributed by atoms with Gasteiger partial charge in [-0.25, -0.2) is 4.39 Å². The number of ketones is 3. The molecule has 4 nitrogen and oxygen atoms in total. The van der Waals surface area contributed by atoms with E-state index in [0.717, 1.165) is 5.56 Å². The molecule has 0 N–H and O–H groups in total. The molecule has 3 atom stereocenters. The quantitative estimate of drug-likeness (QED) is 0.431. The van der Waals surface area contributed by atoms with Crippen molar-refractivity contribution in [2.24, 2.45) is 10.8 Å². The number of hydrogen-bond donors (Lipinski definition) is 0. The van der Waals surface area contributed by atoms with E-state index in [4.69, 9.17) is 0 Å². The summed E-state index contributed by atoms with van der Waals surface area (Å²) in [7, 11) is 0. The maximum atomic E-state index is 14.4. The Morgan fingerprint density at radius 1 is 0.889 bits per heavy atom. The molecule has 1 spiro atoms. The minimum absolute atomic E-state index is 0.0691. The molecule has 0 radical (unpaired) electrons. The van der Waals surface area contributed by atoms with Crippen molar-refractivity contribution in [2.75, 3.05) is 4.90 Å². The predicted octanol–water partition coefficient (Wildman–Crippen LogP) is 5.87. The predicted molar refractivity (Wildman–Crippen MR) is 137 cm³/mol. The van der Waals surface area contributed by atoms with Crippen LogP contribution in [0.5, 0.6) is 0 Å². The number of nitrogens with zero attached hydrogens (tertiary/aromatic N) is 1. The van der Waals surface area contributed by atoms with Crippen LogP contribution in [0.25, 0.3) is 6.08 Å². The summed E-state index contributed by atoms with van der Waals surface area (Å²) in [4.78, 5) is 45.0. The number of benzene rings is 3. The lowest BCUT2D eigenvalue weighted by molar-refractivity contribution is -0.127. The highest BCUT2D eigenvalue weighted by Crippen LogP contribution is 2.61. The molecule has 2 aliphatic heterocycles. The molecule has 5 heteroatoms. The number of hydrogen-bond acceptors (Lipinski definition) is 4. The number of Topliss-reactive ketones (excluding diaryl/α,β-unsaturated/α-hetero) is 3. The van der Waals surface area contributed by atoms with Crippen LogP contribution in [0.3, 0.4) is 0 Å². The Kier molecular flexibility index (Phi) is 4.75. The van der Waals surface area contributed by atoms with E-state index in [9.17, 15) is 18.8 Å². The lowest BCUT2D eigenvalue weighted by Gasteiger charge is -2.38. The van der Waals surface area contributed by atoms with E-state index in [2.05, 4.69) is 0 Å². The van der Waals surface area contributed by atoms with Gasteiger partial charge in [-0.05, 0) is 23.8 Å². The van der Waals surface area contributed by atoms with Crippen molar-refractivity contribution in [2.45, 2.75) is 38.8 Å². The molecule has 0 aromatic heterocycles. The number of halogens is 1. The summed E-state index contributed by atoms with van der Waals surface area (Å²) in [5.41, 5.74) is 0.571. The number of rotatable bonds is 2. The van der Waals surface area contributed by atoms with Gasteiger partial charge >= 0.3 is 0 Å². The summed E-state index contributed by atoms with van der Waals surface area (Å²) in [5.74, 6) is -1.69. The molecule has 3 aromatic rings. The lowest BCUT2D eigenvalue weighted by atomic mass is 9.63. The molecule has 0 bridgehead atoms. The van der Waals surface area contributed by atoms with Crippen LogP contribution in [0.2, 0.25) is 0 Å². The van der Waals surface area contributed by atoms with Crippen molar-refractivity contribution in [1.29, 1.82) is 0 Å². The topological polar surface area (TPSA) is 54.5 Å². The van der Waals surface area contributed by atoms with Crippen LogP contribution in [-0.2, 0) is 4.79 Å². The van der Waals surface area contributed by atoms with Gasteiger partial charge in [0.25, 0.3) is 0 Å². The molecule has 0 unspecified atom stereocenters. The minimum Gasteiger partial charge on any atom is -0.352 e. The minimum atomic E-state index is -1.51. The Balaban J connectivity index is 1.70. The van der Waals surface area contributed by atoms with Crippen molar-refractivity contribution in [3.63, 3.8) is 0 Å². The number of anilines is 1. The van der Waals surface area contributed by atoms with E-state index in [1.165, 1.54) is 12.1 Å². The van der Waals surface area contributed by atoms with Crippen LogP contribution < -0.4 is 4.90 Å². The molecule has 3 aromatic carbocycles. The monoisotopic (exact) mass is 479 g/mol. The van der Waals surface area contributed by atoms with Gasteiger partial charge in [0.05, 0.1) is 12.1 Å². The Labute approximate surface area is 209 Å². The second-order valence-corrected chi connectivity index (χ2v) is 10.9. The van der Waals surface area contributed by atoms with Crippen molar-refractivity contribution in [3.8, 4) is 0 Å². The molecule has 1 fully saturated rings. The van der Waals surface area contributed by atoms with Gasteiger partial charge in [0.1, 0.15) is 11.2 Å². The summed E-state index contributed by atoms with van der Waals surface area (Å²) in [6.07, 6.45) is 3.59. The van der Waals surface area contributed by atoms with Gasteiger partial charge < -0.3 is 4.90 Å². The smallest absolute Gasteiger partial charge is 0.180 e. The molecule has 180 valence electrons. The number of fused-ring (bicyclic) bond motifs is 5. The molecule has 2 heterocycles. The van der Waals surface area contributed by atoms with Gasteiger partial charge in [0, 0.05) is 33.7 Å². The first-order valence-electron chi connectivity index (χ1n) is 12.2. The zero-order chi connectivity index (χ0) is 25.4. The van der Waals surface area contributed by atoms with Crippen LogP contribution in [0, 0.1) is 16.6 Å². The number of carbonyl (C=O) groups is 3. The standard InChI is InChI=1S/C31H26FNO3/c1-30(2,3)29(36)26-25(18-9-5-4-6-10-18)31(27(34)21-11-7-8-12-22(21)28(31)35)24-16-13-19-17-20(32)14-15-23(19)33(24)26/h4-17,24-26H,1-3H3/t24-,25-,26+/m1/s1. The molecule has 6 rings (SSSR count). The fourth-order valence-corrected chi connectivity index (χ4v) is 6.42. The van der Waals surface area contributed by atoms with Crippen LogP contribution in [0.15, 0.2) is 78.9 Å². The Morgan fingerprint density at radius 3 is 2.11 bits per heavy atom. The van der Waals surface area contributed by atoms with Crippen LogP contribution >= 0.6 is 0 Å². The van der Waals surface area contributed by atoms with Crippen molar-refractivity contribution >= 4 is 29.1 Å². The van der Waals surface area contributed by atoms with Crippen molar-refractivity contribution in [1.82, 2.24) is 0 Å². The second-order valence-electron chi connectivity index (χ2n) is 10.9. The molecule has 0 amide bonds. The third kappa shape index (κ3) is 2.83. The van der Waals surface area contributed by atoms with E-state index in [0.29, 0.717) is 22.4 Å². The SMILES string of the molecule is CC(C)(C)C(=O)[C@@H]1[C@@H](c2ccccc2)C2(C(=O)c3ccccc3C2=O)[C@H]2C=Cc3cc(F)ccc3N12. The maximum Gasteiger partial charge on any atom is 0.180 e. The van der Waals surface area contributed by atoms with Gasteiger partial charge in [-0.2, -0.15) is 0 Å². The van der Waals surface area contributed by atoms with E-state index in [1.54, 1.807) is 36.4 Å². The molecule has 0 saturated carbocycles. The van der Waals surface area contributed by atoms with Gasteiger partial charge in [0.2, 0.25) is 0 Å². The summed E-state index contributed by atoms with van der Waals surface area (Å²) >= 11 is 0. The van der Waals surface area contributed by atoms with Gasteiger partial charge in [-0.3, -0.25) is 14.4 Å². The molecule has 1 aliphatic carbocycles. The highest BCUT2D eigenvalue weighted by Gasteiger charge is 2.71. The normalized spacial score (nSPS) is 23.6. The summed E-state index contributed by atoms with van der Waals surface area (Å²) < 4.78 is 14.2. The van der Waals surface area contributed by atoms with E-state index >= 15 is 0 Å². The third-order valence-electron chi connectivity index (χ3n) is 7.93. The second kappa shape index (κ2) is 7.57. The first-order chi connectivity index (χ1) is 17.2. The van der Waals surface area contributed by atoms with Gasteiger partial charge in [-0.15, -0.1) is 0 Å². The first-order valence-corrected chi connectivity index (χ1v) is 12.2. The molecular weight excluding hydrogens is 453 g/mol. The molecule has 1 saturated heterocycles. The molecular formula is C31H26FNO3. The fraction of sp³-hybridized carbons (Fsp3) is 0.258. The largest absolute Gasteiger partial charge is 0.352 e. The van der Waals surface area contributed by atoms with Crippen molar-refractivity contribution in [3.05, 3.63) is 107 Å². The average molecular weight is 480 g/mol. The molecule has 3 aliphatic rings. The lowest BCUT2D eigenvalue weighted by Crippen LogP contribution is -2.49. The first kappa shape index (κ1) is 22.6. The van der Waals surface area contributed by atoms with E-state index in [-0.39, 0.29) is 23.2 Å². The maximum absolute atomic E-state index is 14.4. The fourth-order valence-electron chi connectivity index (χ4n) is 6.42. The highest BCUT2D eigenvalue weighted by atomic mass is 19.1. The van der Waals surface area contributed by atoms with E-state index in [1.807, 2.05) is 62.1 Å². The zero-order valence-corrected chi connectivity index (χ0v) is 20.4. The van der Waals surface area contributed by atoms with Gasteiger partial charge in [0.15, 0.2) is 17.3 Å². The van der Waals surface area contributed by atoms with Crippen LogP contribution in [0.1, 0.15) is 58.5 Å². The summed E-state index contributed by atoms with van der Waals surface area (Å²) in [5, 5.41) is 0. The third-order valence-corrected chi connectivity index (χ3v) is 7.93. The van der Waals surface area contributed by atoms with Crippen molar-refractivity contribution < 1.29 is 18.8 Å². The summed E-state index contributed by atoms with van der Waals surface area (Å²) in [6, 6.07) is 19.3. The number of carbonyl (C=O) groups excluding carboxylic acids is 3. The zero-order valence-electron chi connectivity index (χ0n) is 20.4. The average Bonchev–Trinajstić information content (AvgIpc) is 3.29. The Bertz CT molecular complexity index is 1430. The highest BCUT2D eigenvalue weighted by molar-refractivity contribution is 6.32. The van der Waals surface area contributed by atoms with E-state index < -0.39 is 28.8 Å². The van der Waals surface area contributed by atoms with Crippen LogP contribution in [-0.4, -0.2) is 29.4 Å². The Morgan fingerprint density at radius 2 is 1.50 bits per heavy atom. The molecule has 36 heavy (non-hydrogen) atoms. The Hall–Kier alpha value is -3.86. The van der Waals surface area contributed by atoms with Crippen LogP contribution in [0.4, 0.5) is 10.1 Å².